The standard InChI is InChI=1S/C16H24BNO3/c1-11(18-12(2)19)13-7-9-14(10-8-13)17-20-15(3,4)16(5,6)21-17/h7-11H,1-6H3,(H,18,19). The van der Waals surface area contributed by atoms with E-state index < -0.39 is 0 Å². The number of hydrogen-bond acceptors (Lipinski definition) is 3. The normalized spacial score (nSPS) is 21.1. The van der Waals surface area contributed by atoms with E-state index in [9.17, 15) is 4.79 Å². The van der Waals surface area contributed by atoms with Crippen LogP contribution in [0.4, 0.5) is 0 Å². The predicted molar refractivity (Wildman–Crippen MR) is 84.4 cm³/mol. The summed E-state index contributed by atoms with van der Waals surface area (Å²) >= 11 is 0. The van der Waals surface area contributed by atoms with Crippen molar-refractivity contribution in [2.24, 2.45) is 0 Å². The maximum absolute atomic E-state index is 11.1. The Morgan fingerprint density at radius 3 is 2.00 bits per heavy atom. The van der Waals surface area contributed by atoms with Gasteiger partial charge in [0.25, 0.3) is 0 Å². The lowest BCUT2D eigenvalue weighted by atomic mass is 9.78. The first-order valence-electron chi connectivity index (χ1n) is 7.35. The molecule has 1 unspecified atom stereocenters. The van der Waals surface area contributed by atoms with Crippen LogP contribution in [0.15, 0.2) is 24.3 Å². The Labute approximate surface area is 127 Å². The summed E-state index contributed by atoms with van der Waals surface area (Å²) in [5.41, 5.74) is 1.39. The zero-order chi connectivity index (χ0) is 15.8. The Morgan fingerprint density at radius 1 is 1.10 bits per heavy atom. The quantitative estimate of drug-likeness (QED) is 0.868. The molecule has 1 amide bonds. The van der Waals surface area contributed by atoms with Gasteiger partial charge in [-0.2, -0.15) is 0 Å². The Kier molecular flexibility index (Phi) is 4.18. The van der Waals surface area contributed by atoms with Gasteiger partial charge in [0.2, 0.25) is 5.91 Å². The van der Waals surface area contributed by atoms with Crippen molar-refractivity contribution in [1.29, 1.82) is 0 Å². The molecule has 114 valence electrons. The Hall–Kier alpha value is -1.33. The second kappa shape index (κ2) is 5.46. The lowest BCUT2D eigenvalue weighted by molar-refractivity contribution is -0.119. The molecule has 1 heterocycles. The summed E-state index contributed by atoms with van der Waals surface area (Å²) in [6, 6.07) is 7.99. The molecule has 4 nitrogen and oxygen atoms in total. The number of hydrogen-bond donors (Lipinski definition) is 1. The molecule has 1 aliphatic rings. The molecule has 1 aromatic rings. The number of carbonyl (C=O) groups is 1. The van der Waals surface area contributed by atoms with Crippen LogP contribution in [0.5, 0.6) is 0 Å². The van der Waals surface area contributed by atoms with Gasteiger partial charge in [-0.05, 0) is 45.6 Å². The fourth-order valence-corrected chi connectivity index (χ4v) is 2.31. The van der Waals surface area contributed by atoms with Gasteiger partial charge in [0.1, 0.15) is 0 Å². The second-order valence-electron chi connectivity index (χ2n) is 6.68. The molecule has 21 heavy (non-hydrogen) atoms. The smallest absolute Gasteiger partial charge is 0.399 e. The summed E-state index contributed by atoms with van der Waals surface area (Å²) in [7, 11) is -0.347. The molecule has 0 saturated carbocycles. The van der Waals surface area contributed by atoms with E-state index in [4.69, 9.17) is 9.31 Å². The first-order valence-corrected chi connectivity index (χ1v) is 7.35. The summed E-state index contributed by atoms with van der Waals surface area (Å²) in [6.45, 7) is 11.7. The van der Waals surface area contributed by atoms with Crippen LogP contribution < -0.4 is 10.8 Å². The molecular weight excluding hydrogens is 265 g/mol. The van der Waals surface area contributed by atoms with Crippen LogP contribution in [0, 0.1) is 0 Å². The summed E-state index contributed by atoms with van der Waals surface area (Å²) < 4.78 is 12.0. The largest absolute Gasteiger partial charge is 0.494 e. The van der Waals surface area contributed by atoms with Crippen LogP contribution in [0.2, 0.25) is 0 Å². The summed E-state index contributed by atoms with van der Waals surface area (Å²) in [4.78, 5) is 11.1. The number of rotatable bonds is 3. The van der Waals surface area contributed by atoms with E-state index in [0.717, 1.165) is 11.0 Å². The molecule has 1 aromatic carbocycles. The molecule has 5 heteroatoms. The topological polar surface area (TPSA) is 47.6 Å². The van der Waals surface area contributed by atoms with Crippen LogP contribution in [0.1, 0.15) is 53.1 Å². The molecule has 0 spiro atoms. The minimum atomic E-state index is -0.347. The van der Waals surface area contributed by atoms with Crippen molar-refractivity contribution in [2.75, 3.05) is 0 Å². The third-order valence-corrected chi connectivity index (χ3v) is 4.38. The van der Waals surface area contributed by atoms with Gasteiger partial charge < -0.3 is 14.6 Å². The van der Waals surface area contributed by atoms with Gasteiger partial charge in [-0.3, -0.25) is 4.79 Å². The SMILES string of the molecule is CC(=O)NC(C)c1ccc(B2OC(C)(C)C(C)(C)O2)cc1. The fourth-order valence-electron chi connectivity index (χ4n) is 2.31. The van der Waals surface area contributed by atoms with E-state index in [2.05, 4.69) is 5.32 Å². The number of nitrogens with one attached hydrogen (secondary N) is 1. The van der Waals surface area contributed by atoms with Crippen LogP contribution >= 0.6 is 0 Å². The summed E-state index contributed by atoms with van der Waals surface area (Å²) in [6.07, 6.45) is 0. The Balaban J connectivity index is 2.12. The monoisotopic (exact) mass is 289 g/mol. The van der Waals surface area contributed by atoms with Gasteiger partial charge in [0, 0.05) is 6.92 Å². The zero-order valence-corrected chi connectivity index (χ0v) is 13.7. The van der Waals surface area contributed by atoms with Crippen molar-refractivity contribution < 1.29 is 14.1 Å². The second-order valence-corrected chi connectivity index (χ2v) is 6.68. The van der Waals surface area contributed by atoms with Crippen LogP contribution in [0.3, 0.4) is 0 Å². The summed E-state index contributed by atoms with van der Waals surface area (Å²) in [5.74, 6) is -0.0301. The molecule has 0 aliphatic carbocycles. The Bertz CT molecular complexity index is 509. The van der Waals surface area contributed by atoms with Crippen molar-refractivity contribution in [2.45, 2.75) is 58.8 Å². The molecule has 1 aliphatic heterocycles. The minimum Gasteiger partial charge on any atom is -0.399 e. The zero-order valence-electron chi connectivity index (χ0n) is 13.7. The maximum atomic E-state index is 11.1. The van der Waals surface area contributed by atoms with Crippen molar-refractivity contribution >= 4 is 18.5 Å². The van der Waals surface area contributed by atoms with Gasteiger partial charge in [-0.25, -0.2) is 0 Å². The average Bonchev–Trinajstić information content (AvgIpc) is 2.58. The van der Waals surface area contributed by atoms with Gasteiger partial charge in [-0.15, -0.1) is 0 Å². The van der Waals surface area contributed by atoms with Crippen LogP contribution in [-0.2, 0) is 14.1 Å². The Morgan fingerprint density at radius 2 is 1.57 bits per heavy atom. The molecule has 2 rings (SSSR count). The molecule has 0 bridgehead atoms. The fraction of sp³-hybridized carbons (Fsp3) is 0.562. The number of amides is 1. The van der Waals surface area contributed by atoms with Crippen molar-refractivity contribution in [3.05, 3.63) is 29.8 Å². The molecule has 1 atom stereocenters. The highest BCUT2D eigenvalue weighted by atomic mass is 16.7. The van der Waals surface area contributed by atoms with Gasteiger partial charge in [-0.1, -0.05) is 24.3 Å². The lowest BCUT2D eigenvalue weighted by Gasteiger charge is -2.32. The highest BCUT2D eigenvalue weighted by Crippen LogP contribution is 2.36. The van der Waals surface area contributed by atoms with Crippen LogP contribution in [0.25, 0.3) is 0 Å². The highest BCUT2D eigenvalue weighted by molar-refractivity contribution is 6.62. The number of benzene rings is 1. The van der Waals surface area contributed by atoms with E-state index >= 15 is 0 Å². The van der Waals surface area contributed by atoms with E-state index in [0.29, 0.717) is 0 Å². The first-order chi connectivity index (χ1) is 9.62. The third kappa shape index (κ3) is 3.30. The lowest BCUT2D eigenvalue weighted by Crippen LogP contribution is -2.41. The van der Waals surface area contributed by atoms with Gasteiger partial charge in [0.05, 0.1) is 17.2 Å². The predicted octanol–water partition coefficient (Wildman–Crippen LogP) is 2.18. The van der Waals surface area contributed by atoms with E-state index in [1.54, 1.807) is 0 Å². The number of carbonyl (C=O) groups excluding carboxylic acids is 1. The molecular formula is C16H24BNO3. The molecule has 1 fully saturated rings. The van der Waals surface area contributed by atoms with E-state index in [-0.39, 0.29) is 30.3 Å². The average molecular weight is 289 g/mol. The first kappa shape index (κ1) is 16.1. The van der Waals surface area contributed by atoms with Crippen molar-refractivity contribution in [1.82, 2.24) is 5.32 Å². The highest BCUT2D eigenvalue weighted by Gasteiger charge is 2.51. The van der Waals surface area contributed by atoms with Crippen molar-refractivity contribution in [3.8, 4) is 0 Å². The molecule has 1 N–H and O–H groups in total. The molecule has 1 saturated heterocycles. The molecule has 0 radical (unpaired) electrons. The van der Waals surface area contributed by atoms with E-state index in [1.807, 2.05) is 58.9 Å². The van der Waals surface area contributed by atoms with Gasteiger partial charge in [0.15, 0.2) is 0 Å². The third-order valence-electron chi connectivity index (χ3n) is 4.38. The maximum Gasteiger partial charge on any atom is 0.494 e. The van der Waals surface area contributed by atoms with Crippen molar-refractivity contribution in [3.63, 3.8) is 0 Å². The van der Waals surface area contributed by atoms with Crippen LogP contribution in [-0.4, -0.2) is 24.2 Å². The minimum absolute atomic E-state index is 0.00477. The molecule has 0 aromatic heterocycles. The van der Waals surface area contributed by atoms with E-state index in [1.165, 1.54) is 6.92 Å². The summed E-state index contributed by atoms with van der Waals surface area (Å²) in [5, 5.41) is 2.87. The van der Waals surface area contributed by atoms with Gasteiger partial charge >= 0.3 is 7.12 Å².